The van der Waals surface area contributed by atoms with Gasteiger partial charge in [-0.1, -0.05) is 24.3 Å². The Kier molecular flexibility index (Phi) is 4.80. The lowest BCUT2D eigenvalue weighted by Crippen LogP contribution is -2.13. The van der Waals surface area contributed by atoms with Crippen LogP contribution >= 0.6 is 0 Å². The molecule has 5 nitrogen and oxygen atoms in total. The molecule has 2 aromatic rings. The van der Waals surface area contributed by atoms with E-state index in [4.69, 9.17) is 5.11 Å². The van der Waals surface area contributed by atoms with Crippen LogP contribution in [-0.4, -0.2) is 23.1 Å². The van der Waals surface area contributed by atoms with E-state index in [1.54, 1.807) is 36.7 Å². The van der Waals surface area contributed by atoms with E-state index in [1.165, 1.54) is 0 Å². The van der Waals surface area contributed by atoms with Gasteiger partial charge in [-0.25, -0.2) is 13.4 Å². The number of imidazole rings is 1. The Morgan fingerprint density at radius 3 is 2.33 bits per heavy atom. The highest BCUT2D eigenvalue weighted by Gasteiger charge is 2.17. The lowest BCUT2D eigenvalue weighted by atomic mass is 10.2. The summed E-state index contributed by atoms with van der Waals surface area (Å²) in [6.45, 7) is 3.94. The van der Waals surface area contributed by atoms with Crippen LogP contribution in [0.15, 0.2) is 36.7 Å². The lowest BCUT2D eigenvalue weighted by Gasteiger charge is -2.11. The molecule has 0 saturated heterocycles. The minimum atomic E-state index is -3.28. The topological polar surface area (TPSA) is 72.2 Å². The Hall–Kier alpha value is -1.66. The minimum absolute atomic E-state index is 0.0241. The first kappa shape index (κ1) is 15.7. The molecule has 0 atom stereocenters. The highest BCUT2D eigenvalue weighted by Crippen LogP contribution is 2.15. The van der Waals surface area contributed by atoms with E-state index in [9.17, 15) is 8.42 Å². The SMILES string of the molecule is CC(C)n1ccnc1CS(=O)(=O)Cc1ccc(CO)cc1. The summed E-state index contributed by atoms with van der Waals surface area (Å²) in [7, 11) is -3.28. The van der Waals surface area contributed by atoms with Crippen molar-refractivity contribution in [3.05, 3.63) is 53.6 Å². The Balaban J connectivity index is 2.12. The van der Waals surface area contributed by atoms with Gasteiger partial charge in [-0.3, -0.25) is 0 Å². The number of nitrogens with zero attached hydrogens (tertiary/aromatic N) is 2. The van der Waals surface area contributed by atoms with Crippen LogP contribution in [0.1, 0.15) is 36.8 Å². The molecule has 0 amide bonds. The largest absolute Gasteiger partial charge is 0.392 e. The molecule has 0 aliphatic rings. The molecule has 0 aliphatic heterocycles. The molecule has 0 aliphatic carbocycles. The highest BCUT2D eigenvalue weighted by atomic mass is 32.2. The van der Waals surface area contributed by atoms with Crippen molar-refractivity contribution in [3.8, 4) is 0 Å². The molecular formula is C15H20N2O3S. The fourth-order valence-corrected chi connectivity index (χ4v) is 3.59. The van der Waals surface area contributed by atoms with Gasteiger partial charge in [0.05, 0.1) is 12.4 Å². The summed E-state index contributed by atoms with van der Waals surface area (Å²) in [5, 5.41) is 8.99. The Morgan fingerprint density at radius 2 is 1.76 bits per heavy atom. The summed E-state index contributed by atoms with van der Waals surface area (Å²) in [6, 6.07) is 7.12. The fraction of sp³-hybridized carbons (Fsp3) is 0.400. The van der Waals surface area contributed by atoms with Gasteiger partial charge in [0, 0.05) is 18.4 Å². The highest BCUT2D eigenvalue weighted by molar-refractivity contribution is 7.89. The van der Waals surface area contributed by atoms with Crippen LogP contribution in [-0.2, 0) is 27.9 Å². The van der Waals surface area contributed by atoms with E-state index in [1.807, 2.05) is 18.4 Å². The second-order valence-electron chi connectivity index (χ2n) is 5.35. The molecule has 1 aromatic heterocycles. The van der Waals surface area contributed by atoms with Crippen LogP contribution in [0, 0.1) is 0 Å². The second kappa shape index (κ2) is 6.41. The number of rotatable bonds is 6. The lowest BCUT2D eigenvalue weighted by molar-refractivity contribution is 0.282. The molecule has 1 N–H and O–H groups in total. The third-order valence-electron chi connectivity index (χ3n) is 3.25. The Morgan fingerprint density at radius 1 is 1.14 bits per heavy atom. The first-order valence-electron chi connectivity index (χ1n) is 6.82. The van der Waals surface area contributed by atoms with Crippen LogP contribution in [0.4, 0.5) is 0 Å². The van der Waals surface area contributed by atoms with Crippen molar-refractivity contribution >= 4 is 9.84 Å². The number of aliphatic hydroxyl groups is 1. The number of sulfone groups is 1. The van der Waals surface area contributed by atoms with E-state index < -0.39 is 9.84 Å². The molecule has 2 rings (SSSR count). The van der Waals surface area contributed by atoms with Crippen molar-refractivity contribution in [2.45, 2.75) is 38.0 Å². The predicted octanol–water partition coefficient (Wildman–Crippen LogP) is 2.07. The van der Waals surface area contributed by atoms with E-state index in [0.717, 1.165) is 11.1 Å². The molecule has 0 fully saturated rings. The smallest absolute Gasteiger partial charge is 0.161 e. The second-order valence-corrected chi connectivity index (χ2v) is 7.42. The first-order valence-corrected chi connectivity index (χ1v) is 8.64. The maximum absolute atomic E-state index is 12.3. The standard InChI is InChI=1S/C15H20N2O3S/c1-12(2)17-8-7-16-15(17)11-21(19,20)10-14-5-3-13(9-18)4-6-14/h3-8,12,18H,9-11H2,1-2H3. The zero-order chi connectivity index (χ0) is 15.5. The molecule has 1 heterocycles. The van der Waals surface area contributed by atoms with Gasteiger partial charge >= 0.3 is 0 Å². The summed E-state index contributed by atoms with van der Waals surface area (Å²) in [4.78, 5) is 4.14. The first-order chi connectivity index (χ1) is 9.91. The molecule has 0 spiro atoms. The van der Waals surface area contributed by atoms with E-state index in [0.29, 0.717) is 5.82 Å². The number of aromatic nitrogens is 2. The van der Waals surface area contributed by atoms with Crippen LogP contribution in [0.3, 0.4) is 0 Å². The molecule has 21 heavy (non-hydrogen) atoms. The summed E-state index contributed by atoms with van der Waals surface area (Å²) < 4.78 is 26.5. The molecule has 0 radical (unpaired) electrons. The molecule has 0 saturated carbocycles. The van der Waals surface area contributed by atoms with E-state index in [2.05, 4.69) is 4.98 Å². The number of hydrogen-bond donors (Lipinski definition) is 1. The van der Waals surface area contributed by atoms with E-state index >= 15 is 0 Å². The zero-order valence-corrected chi connectivity index (χ0v) is 13.0. The van der Waals surface area contributed by atoms with Crippen LogP contribution in [0.2, 0.25) is 0 Å². The fourth-order valence-electron chi connectivity index (χ4n) is 2.17. The van der Waals surface area contributed by atoms with E-state index in [-0.39, 0.29) is 24.2 Å². The molecule has 0 unspecified atom stereocenters. The summed E-state index contributed by atoms with van der Waals surface area (Å²) in [5.41, 5.74) is 1.49. The summed E-state index contributed by atoms with van der Waals surface area (Å²) in [6.07, 6.45) is 3.42. The van der Waals surface area contributed by atoms with Crippen LogP contribution in [0.25, 0.3) is 0 Å². The van der Waals surface area contributed by atoms with Crippen LogP contribution < -0.4 is 0 Å². The maximum Gasteiger partial charge on any atom is 0.161 e. The minimum Gasteiger partial charge on any atom is -0.392 e. The zero-order valence-electron chi connectivity index (χ0n) is 12.2. The number of aliphatic hydroxyl groups excluding tert-OH is 1. The van der Waals surface area contributed by atoms with Crippen molar-refractivity contribution in [1.29, 1.82) is 0 Å². The molecule has 114 valence electrons. The third kappa shape index (κ3) is 4.15. The van der Waals surface area contributed by atoms with Crippen molar-refractivity contribution in [3.63, 3.8) is 0 Å². The van der Waals surface area contributed by atoms with Gasteiger partial charge in [0.15, 0.2) is 9.84 Å². The van der Waals surface area contributed by atoms with Crippen molar-refractivity contribution < 1.29 is 13.5 Å². The maximum atomic E-state index is 12.3. The van der Waals surface area contributed by atoms with Crippen molar-refractivity contribution in [2.24, 2.45) is 0 Å². The molecule has 1 aromatic carbocycles. The summed E-state index contributed by atoms with van der Waals surface area (Å²) >= 11 is 0. The van der Waals surface area contributed by atoms with Gasteiger partial charge < -0.3 is 9.67 Å². The van der Waals surface area contributed by atoms with Gasteiger partial charge in [-0.15, -0.1) is 0 Å². The Labute approximate surface area is 125 Å². The molecule has 0 bridgehead atoms. The third-order valence-corrected chi connectivity index (χ3v) is 4.72. The van der Waals surface area contributed by atoms with Crippen molar-refractivity contribution in [2.75, 3.05) is 0 Å². The quantitative estimate of drug-likeness (QED) is 0.886. The molecule has 6 heteroatoms. The normalized spacial score (nSPS) is 12.0. The summed E-state index contributed by atoms with van der Waals surface area (Å²) in [5.74, 6) is 0.473. The van der Waals surface area contributed by atoms with Crippen molar-refractivity contribution in [1.82, 2.24) is 9.55 Å². The Bertz CT molecular complexity index is 688. The van der Waals surface area contributed by atoms with Gasteiger partial charge in [0.1, 0.15) is 11.6 Å². The monoisotopic (exact) mass is 308 g/mol. The van der Waals surface area contributed by atoms with Gasteiger partial charge in [0.25, 0.3) is 0 Å². The van der Waals surface area contributed by atoms with Crippen LogP contribution in [0.5, 0.6) is 0 Å². The average Bonchev–Trinajstić information content (AvgIpc) is 2.86. The number of benzene rings is 1. The van der Waals surface area contributed by atoms with Gasteiger partial charge in [0.2, 0.25) is 0 Å². The van der Waals surface area contributed by atoms with Gasteiger partial charge in [-0.2, -0.15) is 0 Å². The number of hydrogen-bond acceptors (Lipinski definition) is 4. The van der Waals surface area contributed by atoms with Gasteiger partial charge in [-0.05, 0) is 25.0 Å². The predicted molar refractivity (Wildman–Crippen MR) is 81.3 cm³/mol. The molecular weight excluding hydrogens is 288 g/mol. The average molecular weight is 308 g/mol.